The Kier molecular flexibility index (Phi) is 9.27. The predicted molar refractivity (Wildman–Crippen MR) is 165 cm³/mol. The van der Waals surface area contributed by atoms with E-state index >= 15 is 0 Å². The number of aliphatic imine (C=N–C) groups is 1. The van der Waals surface area contributed by atoms with E-state index in [2.05, 4.69) is 10.3 Å². The van der Waals surface area contributed by atoms with Crippen molar-refractivity contribution in [3.8, 4) is 0 Å². The normalized spacial score (nSPS) is 14.7. The molecule has 0 saturated carbocycles. The average Bonchev–Trinajstić information content (AvgIpc) is 3.28. The lowest BCUT2D eigenvalue weighted by atomic mass is 10.0. The van der Waals surface area contributed by atoms with Crippen molar-refractivity contribution in [2.75, 3.05) is 26.7 Å². The number of carbonyl (C=O) groups excluding carboxylic acids is 4. The van der Waals surface area contributed by atoms with E-state index in [1.807, 2.05) is 0 Å². The standard InChI is InChI=1S/C16H15N3O6.C14H9N3O6/c20-14-8-17-9-15(21)18(14)7-1-2-10-11-3-6-16(22)25-13(11)5-4-12(10)19(23)24;1-16-13(19)9(15-14(16)20)6-8-7-2-5-12(18)23-11(7)4-3-10(8)17(21)22/h3-6,17H,1-2,7-9H2;2-5H,6H2,1H3. The predicted octanol–water partition coefficient (Wildman–Crippen LogP) is 1.87. The first kappa shape index (κ1) is 32.9. The third kappa shape index (κ3) is 6.72. The number of urea groups is 1. The molecule has 4 heterocycles. The van der Waals surface area contributed by atoms with Crippen molar-refractivity contribution in [1.82, 2.24) is 15.1 Å². The summed E-state index contributed by atoms with van der Waals surface area (Å²) in [6, 6.07) is 9.67. The molecular weight excluding hydrogens is 636 g/mol. The second-order valence-corrected chi connectivity index (χ2v) is 10.5. The zero-order valence-corrected chi connectivity index (χ0v) is 25.0. The fraction of sp³-hybridized carbons (Fsp3) is 0.233. The summed E-state index contributed by atoms with van der Waals surface area (Å²) in [5, 5.41) is 26.0. The number of nitrogens with one attached hydrogen (secondary N) is 1. The maximum atomic E-state index is 11.9. The minimum Gasteiger partial charge on any atom is -0.423 e. The molecule has 1 fully saturated rings. The number of hydrogen-bond acceptors (Lipinski definition) is 13. The number of piperazine rings is 1. The van der Waals surface area contributed by atoms with E-state index in [1.54, 1.807) is 0 Å². The number of nitrogens with zero attached hydrogens (tertiary/aromatic N) is 5. The van der Waals surface area contributed by atoms with Crippen LogP contribution in [0.1, 0.15) is 17.5 Å². The summed E-state index contributed by atoms with van der Waals surface area (Å²) in [6.45, 7) is 0.389. The van der Waals surface area contributed by atoms with Gasteiger partial charge < -0.3 is 8.83 Å². The summed E-state index contributed by atoms with van der Waals surface area (Å²) < 4.78 is 10.1. The number of carbonyl (C=O) groups is 4. The Labute approximate surface area is 267 Å². The Morgan fingerprint density at radius 1 is 0.771 bits per heavy atom. The number of hydrogen-bond donors (Lipinski definition) is 1. The van der Waals surface area contributed by atoms with Gasteiger partial charge in [-0.1, -0.05) is 0 Å². The quantitative estimate of drug-likeness (QED) is 0.123. The number of fused-ring (bicyclic) bond motifs is 2. The first-order valence-electron chi connectivity index (χ1n) is 14.2. The maximum Gasteiger partial charge on any atom is 0.350 e. The average molecular weight is 661 g/mol. The fourth-order valence-corrected chi connectivity index (χ4v) is 5.26. The van der Waals surface area contributed by atoms with Gasteiger partial charge in [-0.15, -0.1) is 0 Å². The molecule has 0 atom stereocenters. The molecule has 0 bridgehead atoms. The molecule has 0 radical (unpaired) electrons. The molecule has 2 aromatic carbocycles. The van der Waals surface area contributed by atoms with Crippen LogP contribution in [0.5, 0.6) is 0 Å². The number of rotatable bonds is 8. The van der Waals surface area contributed by atoms with Crippen LogP contribution in [0, 0.1) is 20.2 Å². The summed E-state index contributed by atoms with van der Waals surface area (Å²) in [6.07, 6.45) is 0.429. The molecule has 6 rings (SSSR count). The van der Waals surface area contributed by atoms with E-state index in [9.17, 15) is 49.0 Å². The molecule has 1 saturated heterocycles. The number of nitro groups is 2. The molecule has 2 aromatic heterocycles. The molecule has 0 spiro atoms. The summed E-state index contributed by atoms with van der Waals surface area (Å²) >= 11 is 0. The van der Waals surface area contributed by atoms with E-state index in [4.69, 9.17) is 8.83 Å². The molecule has 0 aliphatic carbocycles. The van der Waals surface area contributed by atoms with Crippen molar-refractivity contribution in [2.24, 2.45) is 4.99 Å². The molecule has 2 aliphatic rings. The van der Waals surface area contributed by atoms with Crippen molar-refractivity contribution in [3.05, 3.63) is 101 Å². The van der Waals surface area contributed by atoms with Crippen LogP contribution in [0.2, 0.25) is 0 Å². The SMILES string of the molecule is CN1C(=O)N=C(Cc2c([N+](=O)[O-])ccc3oc(=O)ccc23)C1=O.O=C1CNCC(=O)N1CCCc1c([N+](=O)[O-])ccc2oc(=O)ccc12. The smallest absolute Gasteiger partial charge is 0.350 e. The van der Waals surface area contributed by atoms with Gasteiger partial charge in [0.1, 0.15) is 16.9 Å². The highest BCUT2D eigenvalue weighted by atomic mass is 16.6. The van der Waals surface area contributed by atoms with Crippen LogP contribution in [-0.2, 0) is 27.2 Å². The lowest BCUT2D eigenvalue weighted by Crippen LogP contribution is -2.52. The summed E-state index contributed by atoms with van der Waals surface area (Å²) in [5.41, 5.74) is -0.563. The monoisotopic (exact) mass is 660 g/mol. The first-order valence-corrected chi connectivity index (χ1v) is 14.2. The topological polar surface area (TPSA) is 246 Å². The lowest BCUT2D eigenvalue weighted by Gasteiger charge is -2.25. The Morgan fingerprint density at radius 3 is 1.79 bits per heavy atom. The molecule has 4 aromatic rings. The molecule has 18 nitrogen and oxygen atoms in total. The Morgan fingerprint density at radius 2 is 1.29 bits per heavy atom. The second-order valence-electron chi connectivity index (χ2n) is 10.5. The number of aryl methyl sites for hydroxylation is 1. The summed E-state index contributed by atoms with van der Waals surface area (Å²) in [7, 11) is 1.28. The zero-order chi connectivity index (χ0) is 34.7. The van der Waals surface area contributed by atoms with Gasteiger partial charge in [0.15, 0.2) is 0 Å². The highest BCUT2D eigenvalue weighted by molar-refractivity contribution is 6.46. The summed E-state index contributed by atoms with van der Waals surface area (Å²) in [5.74, 6) is -1.23. The molecule has 0 unspecified atom stereocenters. The van der Waals surface area contributed by atoms with Gasteiger partial charge in [0, 0.05) is 66.2 Å². The Balaban J connectivity index is 0.000000188. The lowest BCUT2D eigenvalue weighted by molar-refractivity contribution is -0.385. The highest BCUT2D eigenvalue weighted by Crippen LogP contribution is 2.30. The fourth-order valence-electron chi connectivity index (χ4n) is 5.26. The minimum absolute atomic E-state index is 0.0840. The van der Waals surface area contributed by atoms with Crippen molar-refractivity contribution >= 4 is 62.8 Å². The molecule has 1 N–H and O–H groups in total. The van der Waals surface area contributed by atoms with Crippen molar-refractivity contribution in [2.45, 2.75) is 19.3 Å². The van der Waals surface area contributed by atoms with E-state index in [0.717, 1.165) is 15.9 Å². The molecule has 48 heavy (non-hydrogen) atoms. The van der Waals surface area contributed by atoms with Crippen molar-refractivity contribution in [3.63, 3.8) is 0 Å². The van der Waals surface area contributed by atoms with Crippen molar-refractivity contribution < 1.29 is 37.9 Å². The van der Waals surface area contributed by atoms with E-state index in [-0.39, 0.29) is 78.1 Å². The van der Waals surface area contributed by atoms with Crippen LogP contribution in [0.3, 0.4) is 0 Å². The van der Waals surface area contributed by atoms with Crippen LogP contribution in [-0.4, -0.2) is 75.8 Å². The van der Waals surface area contributed by atoms with E-state index < -0.39 is 33.0 Å². The molecular formula is C30H24N6O12. The Bertz CT molecular complexity index is 2170. The van der Waals surface area contributed by atoms with Crippen LogP contribution in [0.15, 0.2) is 71.9 Å². The first-order chi connectivity index (χ1) is 22.8. The van der Waals surface area contributed by atoms with Crippen LogP contribution in [0.4, 0.5) is 16.2 Å². The molecule has 2 aliphatic heterocycles. The van der Waals surface area contributed by atoms with Gasteiger partial charge in [-0.3, -0.25) is 49.7 Å². The van der Waals surface area contributed by atoms with Crippen LogP contribution in [0.25, 0.3) is 21.9 Å². The van der Waals surface area contributed by atoms with Gasteiger partial charge in [0.05, 0.1) is 22.9 Å². The van der Waals surface area contributed by atoms with Gasteiger partial charge >= 0.3 is 17.3 Å². The molecule has 246 valence electrons. The third-order valence-electron chi connectivity index (χ3n) is 7.55. The minimum atomic E-state index is -0.723. The number of imide groups is 2. The van der Waals surface area contributed by atoms with E-state index in [0.29, 0.717) is 22.8 Å². The van der Waals surface area contributed by atoms with Crippen LogP contribution < -0.4 is 16.6 Å². The number of nitro benzene ring substituents is 2. The van der Waals surface area contributed by atoms with Crippen molar-refractivity contribution in [1.29, 1.82) is 0 Å². The molecule has 5 amide bonds. The van der Waals surface area contributed by atoms with Gasteiger partial charge in [-0.05, 0) is 37.1 Å². The number of benzene rings is 2. The third-order valence-corrected chi connectivity index (χ3v) is 7.55. The largest absolute Gasteiger partial charge is 0.423 e. The summed E-state index contributed by atoms with van der Waals surface area (Å²) in [4.78, 5) is 96.5. The van der Waals surface area contributed by atoms with Gasteiger partial charge in [-0.2, -0.15) is 4.99 Å². The highest BCUT2D eigenvalue weighted by Gasteiger charge is 2.32. The molecule has 18 heteroatoms. The van der Waals surface area contributed by atoms with Gasteiger partial charge in [-0.25, -0.2) is 14.4 Å². The Hall–Kier alpha value is -6.43. The van der Waals surface area contributed by atoms with E-state index in [1.165, 1.54) is 49.5 Å². The second kappa shape index (κ2) is 13.5. The maximum absolute atomic E-state index is 11.9. The van der Waals surface area contributed by atoms with Crippen LogP contribution >= 0.6 is 0 Å². The van der Waals surface area contributed by atoms with Gasteiger partial charge in [0.2, 0.25) is 11.8 Å². The van der Waals surface area contributed by atoms with Gasteiger partial charge in [0.25, 0.3) is 17.3 Å². The number of amides is 5. The zero-order valence-electron chi connectivity index (χ0n) is 25.0.